The van der Waals surface area contributed by atoms with Gasteiger partial charge < -0.3 is 4.74 Å². The fraction of sp³-hybridized carbons (Fsp3) is 0.364. The average Bonchev–Trinajstić information content (AvgIpc) is 2.06. The van der Waals surface area contributed by atoms with E-state index >= 15 is 0 Å². The summed E-state index contributed by atoms with van der Waals surface area (Å²) in [5.41, 5.74) is -1.11. The number of esters is 1. The molecule has 1 rings (SSSR count). The van der Waals surface area contributed by atoms with Gasteiger partial charge in [-0.15, -0.1) is 0 Å². The summed E-state index contributed by atoms with van der Waals surface area (Å²) < 4.78 is 30.8. The van der Waals surface area contributed by atoms with Gasteiger partial charge in [0.1, 0.15) is 17.2 Å². The molecule has 0 aliphatic carbocycles. The van der Waals surface area contributed by atoms with E-state index in [1.54, 1.807) is 20.8 Å². The minimum absolute atomic E-state index is 0.384. The third-order valence-corrected chi connectivity index (χ3v) is 1.55. The van der Waals surface area contributed by atoms with Gasteiger partial charge >= 0.3 is 5.97 Å². The molecule has 0 heterocycles. The highest BCUT2D eigenvalue weighted by atomic mass is 19.1. The first kappa shape index (κ1) is 11.6. The molecule has 0 bridgehead atoms. The van der Waals surface area contributed by atoms with Crippen LogP contribution in [-0.4, -0.2) is 11.6 Å². The number of carbonyl (C=O) groups excluding carboxylic acids is 1. The van der Waals surface area contributed by atoms with Crippen LogP contribution in [0.5, 0.6) is 0 Å². The summed E-state index contributed by atoms with van der Waals surface area (Å²) in [5, 5.41) is 0. The van der Waals surface area contributed by atoms with Gasteiger partial charge in [-0.3, -0.25) is 0 Å². The second kappa shape index (κ2) is 3.96. The summed E-state index contributed by atoms with van der Waals surface area (Å²) in [4.78, 5) is 11.4. The van der Waals surface area contributed by atoms with Crippen molar-refractivity contribution < 1.29 is 18.3 Å². The van der Waals surface area contributed by atoms with Crippen LogP contribution < -0.4 is 0 Å². The summed E-state index contributed by atoms with van der Waals surface area (Å²) in [6.07, 6.45) is 0. The van der Waals surface area contributed by atoms with E-state index in [1.807, 2.05) is 0 Å². The highest BCUT2D eigenvalue weighted by Gasteiger charge is 2.20. The molecule has 0 aromatic heterocycles. The lowest BCUT2D eigenvalue weighted by molar-refractivity contribution is 0.00641. The van der Waals surface area contributed by atoms with Crippen molar-refractivity contribution in [3.05, 3.63) is 35.4 Å². The van der Waals surface area contributed by atoms with Gasteiger partial charge in [0.2, 0.25) is 0 Å². The van der Waals surface area contributed by atoms with E-state index in [-0.39, 0.29) is 5.56 Å². The number of rotatable bonds is 1. The maximum atomic E-state index is 13.1. The Balaban J connectivity index is 2.96. The van der Waals surface area contributed by atoms with Gasteiger partial charge in [0.25, 0.3) is 0 Å². The molecule has 1 aromatic carbocycles. The topological polar surface area (TPSA) is 26.3 Å². The largest absolute Gasteiger partial charge is 0.456 e. The van der Waals surface area contributed by atoms with E-state index in [1.165, 1.54) is 0 Å². The first-order chi connectivity index (χ1) is 6.79. The third-order valence-electron chi connectivity index (χ3n) is 1.55. The molecule has 15 heavy (non-hydrogen) atoms. The predicted molar refractivity (Wildman–Crippen MR) is 51.5 cm³/mol. The van der Waals surface area contributed by atoms with Gasteiger partial charge in [0.05, 0.1) is 5.56 Å². The van der Waals surface area contributed by atoms with Crippen molar-refractivity contribution in [1.29, 1.82) is 0 Å². The molecule has 1 aromatic rings. The lowest BCUT2D eigenvalue weighted by atomic mass is 10.1. The molecule has 0 fully saturated rings. The maximum absolute atomic E-state index is 13.1. The van der Waals surface area contributed by atoms with E-state index in [9.17, 15) is 13.6 Å². The molecule has 0 aliphatic rings. The number of hydrogen-bond acceptors (Lipinski definition) is 2. The molecule has 0 saturated heterocycles. The highest BCUT2D eigenvalue weighted by Crippen LogP contribution is 2.15. The first-order valence-electron chi connectivity index (χ1n) is 4.48. The van der Waals surface area contributed by atoms with Gasteiger partial charge in [0.15, 0.2) is 0 Å². The van der Waals surface area contributed by atoms with Crippen molar-refractivity contribution in [2.24, 2.45) is 0 Å². The number of carbonyl (C=O) groups is 1. The molecule has 0 radical (unpaired) electrons. The number of ether oxygens (including phenoxy) is 1. The quantitative estimate of drug-likeness (QED) is 0.672. The molecule has 2 nitrogen and oxygen atoms in total. The Bertz CT molecular complexity index is 381. The monoisotopic (exact) mass is 214 g/mol. The van der Waals surface area contributed by atoms with Crippen molar-refractivity contribution in [2.75, 3.05) is 0 Å². The Hall–Kier alpha value is -1.45. The van der Waals surface area contributed by atoms with E-state index in [4.69, 9.17) is 4.74 Å². The van der Waals surface area contributed by atoms with Gasteiger partial charge in [-0.25, -0.2) is 13.6 Å². The van der Waals surface area contributed by atoms with Crippen LogP contribution in [0.15, 0.2) is 18.2 Å². The lowest BCUT2D eigenvalue weighted by Gasteiger charge is -2.19. The first-order valence-corrected chi connectivity index (χ1v) is 4.48. The van der Waals surface area contributed by atoms with E-state index in [2.05, 4.69) is 0 Å². The minimum atomic E-state index is -0.862. The Morgan fingerprint density at radius 3 is 2.40 bits per heavy atom. The molecule has 0 amide bonds. The number of hydrogen-bond donors (Lipinski definition) is 0. The van der Waals surface area contributed by atoms with Crippen LogP contribution in [0.1, 0.15) is 31.1 Å². The lowest BCUT2D eigenvalue weighted by Crippen LogP contribution is -2.24. The molecule has 0 unspecified atom stereocenters. The molecular weight excluding hydrogens is 202 g/mol. The molecule has 0 saturated carbocycles. The summed E-state index contributed by atoms with van der Waals surface area (Å²) in [6.45, 7) is 4.96. The standard InChI is InChI=1S/C11H12F2O2/c1-11(2,3)15-10(14)8-6-7(12)4-5-9(8)13/h4-6H,1-3H3. The predicted octanol–water partition coefficient (Wildman–Crippen LogP) is 2.92. The second-order valence-corrected chi connectivity index (χ2v) is 4.13. The zero-order chi connectivity index (χ0) is 11.6. The highest BCUT2D eigenvalue weighted by molar-refractivity contribution is 5.89. The molecule has 82 valence electrons. The van der Waals surface area contributed by atoms with Crippen molar-refractivity contribution in [1.82, 2.24) is 0 Å². The molecule has 0 atom stereocenters. The van der Waals surface area contributed by atoms with Crippen LogP contribution in [0.25, 0.3) is 0 Å². The number of halogens is 2. The van der Waals surface area contributed by atoms with Gasteiger partial charge in [-0.1, -0.05) is 0 Å². The van der Waals surface area contributed by atoms with Gasteiger partial charge in [-0.2, -0.15) is 0 Å². The molecule has 0 aliphatic heterocycles. The Morgan fingerprint density at radius 1 is 1.27 bits per heavy atom. The van der Waals surface area contributed by atoms with E-state index in [0.717, 1.165) is 18.2 Å². The van der Waals surface area contributed by atoms with Gasteiger partial charge in [0, 0.05) is 0 Å². The second-order valence-electron chi connectivity index (χ2n) is 4.13. The van der Waals surface area contributed by atoms with Crippen molar-refractivity contribution in [3.63, 3.8) is 0 Å². The normalized spacial score (nSPS) is 11.3. The smallest absolute Gasteiger partial charge is 0.341 e. The summed E-state index contributed by atoms with van der Waals surface area (Å²) in [7, 11) is 0. The molecular formula is C11H12F2O2. The van der Waals surface area contributed by atoms with E-state index < -0.39 is 23.2 Å². The Kier molecular flexibility index (Phi) is 3.07. The fourth-order valence-corrected chi connectivity index (χ4v) is 0.987. The van der Waals surface area contributed by atoms with Gasteiger partial charge in [-0.05, 0) is 39.0 Å². The zero-order valence-corrected chi connectivity index (χ0v) is 8.80. The third kappa shape index (κ3) is 3.31. The van der Waals surface area contributed by atoms with Crippen molar-refractivity contribution in [2.45, 2.75) is 26.4 Å². The fourth-order valence-electron chi connectivity index (χ4n) is 0.987. The van der Waals surface area contributed by atoms with Crippen molar-refractivity contribution >= 4 is 5.97 Å². The Labute approximate surface area is 86.9 Å². The summed E-state index contributed by atoms with van der Waals surface area (Å²) in [5.74, 6) is -2.32. The van der Waals surface area contributed by atoms with Crippen LogP contribution in [0, 0.1) is 11.6 Å². The maximum Gasteiger partial charge on any atom is 0.341 e. The minimum Gasteiger partial charge on any atom is -0.456 e. The molecule has 0 spiro atoms. The van der Waals surface area contributed by atoms with E-state index in [0.29, 0.717) is 0 Å². The Morgan fingerprint density at radius 2 is 1.87 bits per heavy atom. The van der Waals surface area contributed by atoms with Crippen LogP contribution in [-0.2, 0) is 4.74 Å². The SMILES string of the molecule is CC(C)(C)OC(=O)c1cc(F)ccc1F. The van der Waals surface area contributed by atoms with Crippen LogP contribution in [0.2, 0.25) is 0 Å². The van der Waals surface area contributed by atoms with Crippen LogP contribution >= 0.6 is 0 Å². The van der Waals surface area contributed by atoms with Crippen LogP contribution in [0.4, 0.5) is 8.78 Å². The number of benzene rings is 1. The average molecular weight is 214 g/mol. The molecule has 0 N–H and O–H groups in total. The molecule has 4 heteroatoms. The summed E-state index contributed by atoms with van der Waals surface area (Å²) in [6, 6.07) is 2.67. The zero-order valence-electron chi connectivity index (χ0n) is 8.80. The van der Waals surface area contributed by atoms with Crippen LogP contribution in [0.3, 0.4) is 0 Å². The van der Waals surface area contributed by atoms with Crippen molar-refractivity contribution in [3.8, 4) is 0 Å². The summed E-state index contributed by atoms with van der Waals surface area (Å²) >= 11 is 0.